The van der Waals surface area contributed by atoms with Crippen LogP contribution in [-0.2, 0) is 4.74 Å². The Morgan fingerprint density at radius 3 is 2.89 bits per heavy atom. The van der Waals surface area contributed by atoms with Crippen molar-refractivity contribution in [3.63, 3.8) is 0 Å². The van der Waals surface area contributed by atoms with Crippen LogP contribution in [0.5, 0.6) is 0 Å². The number of hydrogen-bond donors (Lipinski definition) is 2. The highest BCUT2D eigenvalue weighted by Crippen LogP contribution is 2.29. The van der Waals surface area contributed by atoms with Gasteiger partial charge in [0.1, 0.15) is 0 Å². The van der Waals surface area contributed by atoms with Crippen LogP contribution in [0.15, 0.2) is 12.1 Å². The molecular weight excluding hydrogens is 234 g/mol. The summed E-state index contributed by atoms with van der Waals surface area (Å²) in [4.78, 5) is 17.1. The van der Waals surface area contributed by atoms with Gasteiger partial charge in [0.05, 0.1) is 24.4 Å². The highest BCUT2D eigenvalue weighted by molar-refractivity contribution is 5.87. The number of morpholine rings is 1. The van der Waals surface area contributed by atoms with E-state index in [-0.39, 0.29) is 11.2 Å². The summed E-state index contributed by atoms with van der Waals surface area (Å²) in [6.45, 7) is 5.82. The van der Waals surface area contributed by atoms with Crippen molar-refractivity contribution in [3.8, 4) is 0 Å². The van der Waals surface area contributed by atoms with E-state index in [4.69, 9.17) is 15.6 Å². The molecule has 98 valence electrons. The first-order chi connectivity index (χ1) is 8.42. The average molecular weight is 251 g/mol. The van der Waals surface area contributed by atoms with Gasteiger partial charge in [-0.1, -0.05) is 0 Å². The van der Waals surface area contributed by atoms with Gasteiger partial charge in [-0.3, -0.25) is 0 Å². The molecule has 3 N–H and O–H groups in total. The third-order valence-electron chi connectivity index (χ3n) is 3.03. The molecule has 1 aliphatic rings. The first-order valence-corrected chi connectivity index (χ1v) is 5.77. The van der Waals surface area contributed by atoms with E-state index >= 15 is 0 Å². The van der Waals surface area contributed by atoms with Crippen molar-refractivity contribution in [1.29, 1.82) is 0 Å². The van der Waals surface area contributed by atoms with Gasteiger partial charge in [-0.25, -0.2) is 9.78 Å². The molecule has 0 radical (unpaired) electrons. The van der Waals surface area contributed by atoms with Crippen LogP contribution in [-0.4, -0.2) is 41.4 Å². The molecule has 18 heavy (non-hydrogen) atoms. The molecule has 2 rings (SSSR count). The quantitative estimate of drug-likeness (QED) is 0.814. The lowest BCUT2D eigenvalue weighted by Crippen LogP contribution is -2.53. The number of carboxylic acids is 1. The number of nitrogen functional groups attached to an aromatic ring is 1. The van der Waals surface area contributed by atoms with Crippen LogP contribution in [0.25, 0.3) is 0 Å². The molecule has 1 aromatic heterocycles. The molecule has 0 amide bonds. The maximum atomic E-state index is 11.0. The monoisotopic (exact) mass is 251 g/mol. The summed E-state index contributed by atoms with van der Waals surface area (Å²) >= 11 is 0. The van der Waals surface area contributed by atoms with E-state index < -0.39 is 5.97 Å². The molecule has 0 unspecified atom stereocenters. The molecular formula is C12H17N3O3. The second kappa shape index (κ2) is 4.45. The summed E-state index contributed by atoms with van der Waals surface area (Å²) in [5.41, 5.74) is 6.13. The maximum absolute atomic E-state index is 11.0. The van der Waals surface area contributed by atoms with Gasteiger partial charge >= 0.3 is 5.97 Å². The second-order valence-corrected chi connectivity index (χ2v) is 4.93. The number of carbonyl (C=O) groups is 1. The number of nitrogens with two attached hydrogens (primary N) is 1. The summed E-state index contributed by atoms with van der Waals surface area (Å²) in [6, 6.07) is 2.99. The Kier molecular flexibility index (Phi) is 3.13. The van der Waals surface area contributed by atoms with E-state index in [1.54, 1.807) is 6.07 Å². The number of carboxylic acid groups (broad SMARTS) is 1. The van der Waals surface area contributed by atoms with Crippen LogP contribution in [0.3, 0.4) is 0 Å². The lowest BCUT2D eigenvalue weighted by atomic mass is 10.0. The van der Waals surface area contributed by atoms with E-state index in [1.807, 2.05) is 18.7 Å². The van der Waals surface area contributed by atoms with Gasteiger partial charge in [0.2, 0.25) is 0 Å². The minimum atomic E-state index is -1.05. The molecule has 1 aromatic rings. The topological polar surface area (TPSA) is 88.7 Å². The summed E-state index contributed by atoms with van der Waals surface area (Å²) in [6.07, 6.45) is 0. The minimum Gasteiger partial charge on any atom is -0.477 e. The summed E-state index contributed by atoms with van der Waals surface area (Å²) in [5.74, 6) is -0.537. The van der Waals surface area contributed by atoms with Crippen molar-refractivity contribution in [2.24, 2.45) is 0 Å². The van der Waals surface area contributed by atoms with Crippen molar-refractivity contribution in [1.82, 2.24) is 4.98 Å². The van der Waals surface area contributed by atoms with Gasteiger partial charge in [0.25, 0.3) is 0 Å². The van der Waals surface area contributed by atoms with Gasteiger partial charge < -0.3 is 20.5 Å². The highest BCUT2D eigenvalue weighted by atomic mass is 16.5. The van der Waals surface area contributed by atoms with Gasteiger partial charge in [0.15, 0.2) is 11.5 Å². The van der Waals surface area contributed by atoms with Crippen molar-refractivity contribution in [2.45, 2.75) is 19.4 Å². The fraction of sp³-hybridized carbons (Fsp3) is 0.500. The fourth-order valence-electron chi connectivity index (χ4n) is 2.05. The number of hydrogen-bond acceptors (Lipinski definition) is 5. The first kappa shape index (κ1) is 12.6. The predicted octanol–water partition coefficient (Wildman–Crippen LogP) is 0.977. The molecule has 6 heteroatoms. The van der Waals surface area contributed by atoms with Gasteiger partial charge in [0, 0.05) is 6.54 Å². The summed E-state index contributed by atoms with van der Waals surface area (Å²) < 4.78 is 5.43. The summed E-state index contributed by atoms with van der Waals surface area (Å²) in [5, 5.41) is 8.98. The molecule has 6 nitrogen and oxygen atoms in total. The Labute approximate surface area is 105 Å². The van der Waals surface area contributed by atoms with Crippen LogP contribution in [0.4, 0.5) is 11.5 Å². The third kappa shape index (κ3) is 2.24. The van der Waals surface area contributed by atoms with E-state index in [9.17, 15) is 4.79 Å². The average Bonchev–Trinajstić information content (AvgIpc) is 2.29. The van der Waals surface area contributed by atoms with Crippen molar-refractivity contribution in [3.05, 3.63) is 17.8 Å². The number of pyridine rings is 1. The molecule has 0 spiro atoms. The number of rotatable bonds is 2. The number of aromatic nitrogens is 1. The van der Waals surface area contributed by atoms with Crippen LogP contribution in [0, 0.1) is 0 Å². The first-order valence-electron chi connectivity index (χ1n) is 5.77. The van der Waals surface area contributed by atoms with Crippen LogP contribution in [0.1, 0.15) is 24.3 Å². The number of aromatic carboxylic acids is 1. The lowest BCUT2D eigenvalue weighted by molar-refractivity contribution is 0.0637. The lowest BCUT2D eigenvalue weighted by Gasteiger charge is -2.43. The van der Waals surface area contributed by atoms with Crippen molar-refractivity contribution < 1.29 is 14.6 Å². The molecule has 0 aromatic carbocycles. The van der Waals surface area contributed by atoms with Crippen molar-refractivity contribution >= 4 is 17.5 Å². The highest BCUT2D eigenvalue weighted by Gasteiger charge is 2.32. The number of anilines is 2. The van der Waals surface area contributed by atoms with E-state index in [0.717, 1.165) is 0 Å². The zero-order valence-corrected chi connectivity index (χ0v) is 10.5. The molecule has 1 fully saturated rings. The molecule has 0 saturated carbocycles. The number of ether oxygens (including phenoxy) is 1. The van der Waals surface area contributed by atoms with Gasteiger partial charge in [-0.15, -0.1) is 0 Å². The maximum Gasteiger partial charge on any atom is 0.354 e. The van der Waals surface area contributed by atoms with E-state index in [0.29, 0.717) is 31.3 Å². The van der Waals surface area contributed by atoms with E-state index in [2.05, 4.69) is 4.98 Å². The Balaban J connectivity index is 2.42. The smallest absolute Gasteiger partial charge is 0.354 e. The standard InChI is InChI=1S/C12H17N3O3/c1-12(2)7-18-6-5-15(12)10-8(13)3-4-9(14-10)11(16)17/h3-4H,5-7,13H2,1-2H3,(H,16,17). The summed E-state index contributed by atoms with van der Waals surface area (Å²) in [7, 11) is 0. The third-order valence-corrected chi connectivity index (χ3v) is 3.03. The molecule has 0 bridgehead atoms. The van der Waals surface area contributed by atoms with Gasteiger partial charge in [-0.05, 0) is 26.0 Å². The zero-order valence-electron chi connectivity index (χ0n) is 10.5. The molecule has 0 atom stereocenters. The van der Waals surface area contributed by atoms with Crippen LogP contribution < -0.4 is 10.6 Å². The molecule has 2 heterocycles. The largest absolute Gasteiger partial charge is 0.477 e. The van der Waals surface area contributed by atoms with Crippen LogP contribution >= 0.6 is 0 Å². The Hall–Kier alpha value is -1.82. The molecule has 0 aliphatic carbocycles. The Bertz CT molecular complexity index is 474. The zero-order chi connectivity index (χ0) is 13.3. The van der Waals surface area contributed by atoms with Gasteiger partial charge in [-0.2, -0.15) is 0 Å². The number of nitrogens with zero attached hydrogens (tertiary/aromatic N) is 2. The normalized spacial score (nSPS) is 18.7. The van der Waals surface area contributed by atoms with Crippen molar-refractivity contribution in [2.75, 3.05) is 30.4 Å². The fourth-order valence-corrected chi connectivity index (χ4v) is 2.05. The second-order valence-electron chi connectivity index (χ2n) is 4.93. The molecule has 1 saturated heterocycles. The SMILES string of the molecule is CC1(C)COCCN1c1nc(C(=O)O)ccc1N. The minimum absolute atomic E-state index is 0.00138. The van der Waals surface area contributed by atoms with Crippen LogP contribution in [0.2, 0.25) is 0 Å². The Morgan fingerprint density at radius 1 is 1.56 bits per heavy atom. The Morgan fingerprint density at radius 2 is 2.28 bits per heavy atom. The predicted molar refractivity (Wildman–Crippen MR) is 67.9 cm³/mol. The van der Waals surface area contributed by atoms with E-state index in [1.165, 1.54) is 6.07 Å². The molecule has 1 aliphatic heterocycles.